The number of carboxylic acid groups (broad SMARTS) is 1. The molecule has 0 aliphatic carbocycles. The van der Waals surface area contributed by atoms with Crippen LogP contribution in [-0.4, -0.2) is 53.0 Å². The first kappa shape index (κ1) is 16.8. The molecule has 0 saturated carbocycles. The zero-order chi connectivity index (χ0) is 15.7. The lowest BCUT2D eigenvalue weighted by molar-refractivity contribution is -0.131. The lowest BCUT2D eigenvalue weighted by atomic mass is 10.2. The number of nitrogens with one attached hydrogen (secondary N) is 1. The summed E-state index contributed by atoms with van der Waals surface area (Å²) in [6.45, 7) is 7.41. The summed E-state index contributed by atoms with van der Waals surface area (Å²) in [6.07, 6.45) is 5.39. The monoisotopic (exact) mass is 291 g/mol. The highest BCUT2D eigenvalue weighted by Crippen LogP contribution is 2.05. The van der Waals surface area contributed by atoms with Gasteiger partial charge in [0.2, 0.25) is 0 Å². The number of nitrogens with zero attached hydrogens (tertiary/aromatic N) is 2. The van der Waals surface area contributed by atoms with Crippen LogP contribution in [0.15, 0.2) is 24.5 Å². The van der Waals surface area contributed by atoms with Crippen molar-refractivity contribution in [2.24, 2.45) is 0 Å². The molecule has 1 amide bonds. The highest BCUT2D eigenvalue weighted by atomic mass is 16.4. The number of rotatable bonds is 8. The Balaban J connectivity index is 2.58. The lowest BCUT2D eigenvalue weighted by Gasteiger charge is -2.17. The van der Waals surface area contributed by atoms with Crippen LogP contribution in [0.25, 0.3) is 6.08 Å². The highest BCUT2D eigenvalue weighted by molar-refractivity contribution is 5.94. The van der Waals surface area contributed by atoms with Gasteiger partial charge in [0, 0.05) is 31.6 Å². The number of aromatic nitrogens is 1. The molecule has 2 N–H and O–H groups in total. The molecule has 0 aromatic carbocycles. The predicted octanol–water partition coefficient (Wildman–Crippen LogP) is 1.25. The van der Waals surface area contributed by atoms with E-state index in [1.54, 1.807) is 6.07 Å². The predicted molar refractivity (Wildman–Crippen MR) is 81.0 cm³/mol. The van der Waals surface area contributed by atoms with E-state index >= 15 is 0 Å². The van der Waals surface area contributed by atoms with Gasteiger partial charge in [-0.1, -0.05) is 13.8 Å². The summed E-state index contributed by atoms with van der Waals surface area (Å²) in [7, 11) is 0. The van der Waals surface area contributed by atoms with Crippen LogP contribution < -0.4 is 5.32 Å². The van der Waals surface area contributed by atoms with Gasteiger partial charge in [0.25, 0.3) is 5.91 Å². The number of pyridine rings is 1. The van der Waals surface area contributed by atoms with E-state index in [1.807, 2.05) is 0 Å². The molecule has 6 nitrogen and oxygen atoms in total. The van der Waals surface area contributed by atoms with E-state index in [9.17, 15) is 9.59 Å². The van der Waals surface area contributed by atoms with Crippen molar-refractivity contribution < 1.29 is 14.7 Å². The van der Waals surface area contributed by atoms with E-state index in [-0.39, 0.29) is 5.91 Å². The number of carbonyl (C=O) groups excluding carboxylic acids is 1. The Hall–Kier alpha value is -2.21. The third-order valence-corrected chi connectivity index (χ3v) is 3.05. The summed E-state index contributed by atoms with van der Waals surface area (Å²) >= 11 is 0. The molecule has 1 aromatic heterocycles. The van der Waals surface area contributed by atoms with E-state index < -0.39 is 5.97 Å². The van der Waals surface area contributed by atoms with Crippen molar-refractivity contribution in [3.8, 4) is 0 Å². The molecule has 0 bridgehead atoms. The minimum atomic E-state index is -1.04. The van der Waals surface area contributed by atoms with E-state index in [0.717, 1.165) is 25.7 Å². The number of carbonyl (C=O) groups is 2. The van der Waals surface area contributed by atoms with Gasteiger partial charge < -0.3 is 15.3 Å². The average Bonchev–Trinajstić information content (AvgIpc) is 2.49. The first-order valence-electron chi connectivity index (χ1n) is 6.93. The molecule has 1 rings (SSSR count). The quantitative estimate of drug-likeness (QED) is 0.704. The molecule has 0 saturated heterocycles. The molecule has 21 heavy (non-hydrogen) atoms. The van der Waals surface area contributed by atoms with Gasteiger partial charge in [0.05, 0.1) is 5.56 Å². The second kappa shape index (κ2) is 8.86. The molecule has 0 unspecified atom stereocenters. The summed E-state index contributed by atoms with van der Waals surface area (Å²) in [4.78, 5) is 28.6. The molecule has 0 aliphatic heterocycles. The van der Waals surface area contributed by atoms with E-state index in [2.05, 4.69) is 29.0 Å². The summed E-state index contributed by atoms with van der Waals surface area (Å²) in [5.74, 6) is -1.25. The molecule has 0 atom stereocenters. The Morgan fingerprint density at radius 2 is 2.05 bits per heavy atom. The van der Waals surface area contributed by atoms with Crippen LogP contribution in [0.1, 0.15) is 29.8 Å². The molecule has 0 fully saturated rings. The molecule has 6 heteroatoms. The molecule has 114 valence electrons. The van der Waals surface area contributed by atoms with Crippen LogP contribution in [-0.2, 0) is 4.79 Å². The molecule has 0 spiro atoms. The highest BCUT2D eigenvalue weighted by Gasteiger charge is 2.06. The summed E-state index contributed by atoms with van der Waals surface area (Å²) in [6, 6.07) is 1.61. The van der Waals surface area contributed by atoms with Crippen LogP contribution in [0.3, 0.4) is 0 Å². The fourth-order valence-corrected chi connectivity index (χ4v) is 1.81. The van der Waals surface area contributed by atoms with E-state index in [1.165, 1.54) is 18.5 Å². The SMILES string of the molecule is CCN(CC)CCNC(=O)c1cncc(C=CC(=O)O)c1. The Kier molecular flexibility index (Phi) is 7.11. The Morgan fingerprint density at radius 3 is 2.67 bits per heavy atom. The molecule has 1 heterocycles. The van der Waals surface area contributed by atoms with Crippen molar-refractivity contribution >= 4 is 18.0 Å². The van der Waals surface area contributed by atoms with Gasteiger partial charge >= 0.3 is 5.97 Å². The largest absolute Gasteiger partial charge is 0.478 e. The fraction of sp³-hybridized carbons (Fsp3) is 0.400. The third-order valence-electron chi connectivity index (χ3n) is 3.05. The fourth-order valence-electron chi connectivity index (χ4n) is 1.81. The Labute approximate surface area is 124 Å². The van der Waals surface area contributed by atoms with Gasteiger partial charge in [-0.05, 0) is 30.8 Å². The van der Waals surface area contributed by atoms with E-state index in [4.69, 9.17) is 5.11 Å². The topological polar surface area (TPSA) is 82.5 Å². The lowest BCUT2D eigenvalue weighted by Crippen LogP contribution is -2.34. The Bertz CT molecular complexity index is 511. The van der Waals surface area contributed by atoms with Crippen molar-refractivity contribution in [2.45, 2.75) is 13.8 Å². The minimum Gasteiger partial charge on any atom is -0.478 e. The summed E-state index contributed by atoms with van der Waals surface area (Å²) < 4.78 is 0. The van der Waals surface area contributed by atoms with Gasteiger partial charge in [0.1, 0.15) is 0 Å². The molecule has 0 radical (unpaired) electrons. The maximum atomic E-state index is 12.0. The molecule has 1 aromatic rings. The number of hydrogen-bond donors (Lipinski definition) is 2. The molecule has 0 aliphatic rings. The standard InChI is InChI=1S/C15H21N3O3/c1-3-18(4-2)8-7-17-15(21)13-9-12(10-16-11-13)5-6-14(19)20/h5-6,9-11H,3-4,7-8H2,1-2H3,(H,17,21)(H,19,20). The second-order valence-electron chi connectivity index (χ2n) is 4.46. The minimum absolute atomic E-state index is 0.208. The van der Waals surface area contributed by atoms with Gasteiger partial charge in [-0.3, -0.25) is 9.78 Å². The number of likely N-dealkylation sites (N-methyl/N-ethyl adjacent to an activating group) is 1. The van der Waals surface area contributed by atoms with Crippen molar-refractivity contribution in [1.82, 2.24) is 15.2 Å². The van der Waals surface area contributed by atoms with Crippen LogP contribution in [0.5, 0.6) is 0 Å². The Morgan fingerprint density at radius 1 is 1.33 bits per heavy atom. The zero-order valence-corrected chi connectivity index (χ0v) is 12.4. The number of hydrogen-bond acceptors (Lipinski definition) is 4. The van der Waals surface area contributed by atoms with Gasteiger partial charge in [-0.25, -0.2) is 4.79 Å². The average molecular weight is 291 g/mol. The van der Waals surface area contributed by atoms with Crippen molar-refractivity contribution in [3.63, 3.8) is 0 Å². The normalized spacial score (nSPS) is 11.0. The molecular formula is C15H21N3O3. The maximum Gasteiger partial charge on any atom is 0.328 e. The van der Waals surface area contributed by atoms with Gasteiger partial charge in [-0.2, -0.15) is 0 Å². The summed E-state index contributed by atoms with van der Waals surface area (Å²) in [5, 5.41) is 11.4. The zero-order valence-electron chi connectivity index (χ0n) is 12.4. The van der Waals surface area contributed by atoms with Crippen LogP contribution in [0.4, 0.5) is 0 Å². The smallest absolute Gasteiger partial charge is 0.328 e. The van der Waals surface area contributed by atoms with Crippen molar-refractivity contribution in [2.75, 3.05) is 26.2 Å². The first-order chi connectivity index (χ1) is 10.1. The number of carboxylic acids is 1. The van der Waals surface area contributed by atoms with Crippen LogP contribution in [0, 0.1) is 0 Å². The van der Waals surface area contributed by atoms with Gasteiger partial charge in [-0.15, -0.1) is 0 Å². The summed E-state index contributed by atoms with van der Waals surface area (Å²) in [5.41, 5.74) is 0.996. The van der Waals surface area contributed by atoms with Crippen molar-refractivity contribution in [3.05, 3.63) is 35.7 Å². The van der Waals surface area contributed by atoms with Crippen molar-refractivity contribution in [1.29, 1.82) is 0 Å². The van der Waals surface area contributed by atoms with E-state index in [0.29, 0.717) is 17.7 Å². The van der Waals surface area contributed by atoms with Crippen LogP contribution in [0.2, 0.25) is 0 Å². The number of aliphatic carboxylic acids is 1. The van der Waals surface area contributed by atoms with Gasteiger partial charge in [0.15, 0.2) is 0 Å². The molecular weight excluding hydrogens is 270 g/mol. The maximum absolute atomic E-state index is 12.0. The third kappa shape index (κ3) is 6.18. The first-order valence-corrected chi connectivity index (χ1v) is 6.93. The van der Waals surface area contributed by atoms with Crippen LogP contribution >= 0.6 is 0 Å². The number of amides is 1. The second-order valence-corrected chi connectivity index (χ2v) is 4.46.